The van der Waals surface area contributed by atoms with E-state index in [-0.39, 0.29) is 12.3 Å². The first kappa shape index (κ1) is 14.8. The summed E-state index contributed by atoms with van der Waals surface area (Å²) >= 11 is 0. The minimum absolute atomic E-state index is 0.0881. The van der Waals surface area contributed by atoms with Crippen molar-refractivity contribution in [3.63, 3.8) is 0 Å². The summed E-state index contributed by atoms with van der Waals surface area (Å²) in [7, 11) is 0. The fraction of sp³-hybridized carbons (Fsp3) is 0.412. The maximum Gasteiger partial charge on any atom is 0.228 e. The van der Waals surface area contributed by atoms with Gasteiger partial charge in [0.1, 0.15) is 5.76 Å². The van der Waals surface area contributed by atoms with Crippen molar-refractivity contribution in [1.29, 1.82) is 0 Å². The molecule has 1 aromatic carbocycles. The van der Waals surface area contributed by atoms with Gasteiger partial charge in [-0.05, 0) is 24.9 Å². The van der Waals surface area contributed by atoms with Gasteiger partial charge in [0, 0.05) is 25.1 Å². The van der Waals surface area contributed by atoms with Gasteiger partial charge in [-0.3, -0.25) is 4.79 Å². The number of rotatable bonds is 4. The number of benzene rings is 1. The second-order valence-electron chi connectivity index (χ2n) is 5.92. The summed E-state index contributed by atoms with van der Waals surface area (Å²) in [4.78, 5) is 14.4. The number of likely N-dealkylation sites (tertiary alicyclic amines) is 1. The van der Waals surface area contributed by atoms with E-state index in [2.05, 4.69) is 17.3 Å². The van der Waals surface area contributed by atoms with Crippen molar-refractivity contribution < 1.29 is 9.32 Å². The van der Waals surface area contributed by atoms with E-state index in [1.54, 1.807) is 0 Å². The maximum absolute atomic E-state index is 12.5. The smallest absolute Gasteiger partial charge is 0.228 e. The summed E-state index contributed by atoms with van der Waals surface area (Å²) in [5.41, 5.74) is 7.86. The Morgan fingerprint density at radius 1 is 1.36 bits per heavy atom. The van der Waals surface area contributed by atoms with Crippen LogP contribution in [0.25, 0.3) is 0 Å². The monoisotopic (exact) mass is 299 g/mol. The quantitative estimate of drug-likeness (QED) is 0.933. The lowest BCUT2D eigenvalue weighted by atomic mass is 9.89. The van der Waals surface area contributed by atoms with Crippen LogP contribution in [0.2, 0.25) is 0 Å². The predicted octanol–water partition coefficient (Wildman–Crippen LogP) is 1.73. The van der Waals surface area contributed by atoms with Crippen LogP contribution in [-0.4, -0.2) is 35.6 Å². The summed E-state index contributed by atoms with van der Waals surface area (Å²) in [5, 5.41) is 3.90. The van der Waals surface area contributed by atoms with Crippen LogP contribution < -0.4 is 5.73 Å². The molecule has 2 heterocycles. The highest BCUT2D eigenvalue weighted by Gasteiger charge is 2.35. The molecular formula is C17H21N3O2. The summed E-state index contributed by atoms with van der Waals surface area (Å²) < 4.78 is 5.02. The third-order valence-electron chi connectivity index (χ3n) is 4.33. The summed E-state index contributed by atoms with van der Waals surface area (Å²) in [6.07, 6.45) is 0.288. The van der Waals surface area contributed by atoms with Gasteiger partial charge in [0.05, 0.1) is 12.1 Å². The number of nitrogens with two attached hydrogens (primary N) is 1. The van der Waals surface area contributed by atoms with Gasteiger partial charge >= 0.3 is 0 Å². The molecule has 0 spiro atoms. The molecule has 0 saturated carbocycles. The molecule has 2 atom stereocenters. The highest BCUT2D eigenvalue weighted by molar-refractivity contribution is 5.78. The summed E-state index contributed by atoms with van der Waals surface area (Å²) in [6.45, 7) is 3.85. The average Bonchev–Trinajstić information content (AvgIpc) is 3.14. The van der Waals surface area contributed by atoms with Crippen LogP contribution in [0, 0.1) is 12.8 Å². The molecule has 0 radical (unpaired) electrons. The van der Waals surface area contributed by atoms with Crippen LogP contribution in [0.5, 0.6) is 0 Å². The number of carbonyl (C=O) groups excluding carboxylic acids is 1. The van der Waals surface area contributed by atoms with Crippen LogP contribution in [0.15, 0.2) is 40.9 Å². The standard InChI is InChI=1S/C17H21N3O2/c1-12-7-15(19-22-12)8-17(21)20-10-14(9-18)16(11-20)13-5-3-2-4-6-13/h2-7,14,16H,8-11,18H2,1H3/t14-,16+/m1/s1. The molecule has 3 rings (SSSR count). The molecule has 0 unspecified atom stereocenters. The van der Waals surface area contributed by atoms with Crippen molar-refractivity contribution in [2.75, 3.05) is 19.6 Å². The molecular weight excluding hydrogens is 278 g/mol. The van der Waals surface area contributed by atoms with Gasteiger partial charge in [-0.15, -0.1) is 0 Å². The largest absolute Gasteiger partial charge is 0.361 e. The highest BCUT2D eigenvalue weighted by atomic mass is 16.5. The molecule has 1 aliphatic heterocycles. The lowest BCUT2D eigenvalue weighted by Crippen LogP contribution is -2.31. The zero-order valence-corrected chi connectivity index (χ0v) is 12.7. The van der Waals surface area contributed by atoms with E-state index in [9.17, 15) is 4.79 Å². The maximum atomic E-state index is 12.5. The lowest BCUT2D eigenvalue weighted by Gasteiger charge is -2.16. The van der Waals surface area contributed by atoms with E-state index < -0.39 is 0 Å². The van der Waals surface area contributed by atoms with Crippen LogP contribution in [-0.2, 0) is 11.2 Å². The molecule has 1 fully saturated rings. The van der Waals surface area contributed by atoms with Crippen LogP contribution in [0.1, 0.15) is 22.9 Å². The third kappa shape index (κ3) is 3.04. The summed E-state index contributed by atoms with van der Waals surface area (Å²) in [6, 6.07) is 12.1. The molecule has 0 aliphatic carbocycles. The Bertz CT molecular complexity index is 638. The Hall–Kier alpha value is -2.14. The number of hydrogen-bond donors (Lipinski definition) is 1. The molecule has 116 valence electrons. The van der Waals surface area contributed by atoms with Crippen molar-refractivity contribution >= 4 is 5.91 Å². The topological polar surface area (TPSA) is 72.4 Å². The van der Waals surface area contributed by atoms with Gasteiger partial charge in [0.2, 0.25) is 5.91 Å². The zero-order valence-electron chi connectivity index (χ0n) is 12.7. The van der Waals surface area contributed by atoms with E-state index in [1.165, 1.54) is 5.56 Å². The first-order chi connectivity index (χ1) is 10.7. The number of hydrogen-bond acceptors (Lipinski definition) is 4. The van der Waals surface area contributed by atoms with Gasteiger partial charge in [0.25, 0.3) is 0 Å². The molecule has 0 bridgehead atoms. The summed E-state index contributed by atoms with van der Waals surface area (Å²) in [5.74, 6) is 1.44. The molecule has 2 N–H and O–H groups in total. The fourth-order valence-electron chi connectivity index (χ4n) is 3.16. The first-order valence-corrected chi connectivity index (χ1v) is 7.62. The van der Waals surface area contributed by atoms with Crippen molar-refractivity contribution in [2.45, 2.75) is 19.3 Å². The predicted molar refractivity (Wildman–Crippen MR) is 83.3 cm³/mol. The molecule has 2 aromatic rings. The van der Waals surface area contributed by atoms with Crippen molar-refractivity contribution in [3.05, 3.63) is 53.4 Å². The van der Waals surface area contributed by atoms with Crippen molar-refractivity contribution in [3.8, 4) is 0 Å². The second kappa shape index (κ2) is 6.32. The van der Waals surface area contributed by atoms with Crippen LogP contribution in [0.4, 0.5) is 0 Å². The fourth-order valence-corrected chi connectivity index (χ4v) is 3.16. The molecule has 5 nitrogen and oxygen atoms in total. The molecule has 1 aromatic heterocycles. The van der Waals surface area contributed by atoms with E-state index in [4.69, 9.17) is 10.3 Å². The molecule has 22 heavy (non-hydrogen) atoms. The molecule has 5 heteroatoms. The van der Waals surface area contributed by atoms with Gasteiger partial charge in [-0.25, -0.2) is 0 Å². The van der Waals surface area contributed by atoms with Gasteiger partial charge in [-0.2, -0.15) is 0 Å². The highest BCUT2D eigenvalue weighted by Crippen LogP contribution is 2.32. The average molecular weight is 299 g/mol. The third-order valence-corrected chi connectivity index (χ3v) is 4.33. The number of amides is 1. The Balaban J connectivity index is 1.69. The number of nitrogens with zero attached hydrogens (tertiary/aromatic N) is 2. The van der Waals surface area contributed by atoms with Gasteiger partial charge in [-0.1, -0.05) is 35.5 Å². The normalized spacial score (nSPS) is 21.3. The number of carbonyl (C=O) groups is 1. The Labute approximate surface area is 130 Å². The minimum Gasteiger partial charge on any atom is -0.361 e. The van der Waals surface area contributed by atoms with Gasteiger partial charge in [0.15, 0.2) is 0 Å². The molecule has 1 aliphatic rings. The Morgan fingerprint density at radius 2 is 2.14 bits per heavy atom. The number of aromatic nitrogens is 1. The lowest BCUT2D eigenvalue weighted by molar-refractivity contribution is -0.129. The zero-order chi connectivity index (χ0) is 15.5. The molecule has 1 saturated heterocycles. The first-order valence-electron chi connectivity index (χ1n) is 7.62. The van der Waals surface area contributed by atoms with Crippen molar-refractivity contribution in [2.24, 2.45) is 11.7 Å². The SMILES string of the molecule is Cc1cc(CC(=O)N2C[C@@H](CN)[C@H](c3ccccc3)C2)no1. The molecule has 1 amide bonds. The number of aryl methyl sites for hydroxylation is 1. The van der Waals surface area contributed by atoms with Crippen LogP contribution in [0.3, 0.4) is 0 Å². The van der Waals surface area contributed by atoms with Crippen molar-refractivity contribution in [1.82, 2.24) is 10.1 Å². The van der Waals surface area contributed by atoms with E-state index >= 15 is 0 Å². The minimum atomic E-state index is 0.0881. The van der Waals surface area contributed by atoms with E-state index in [0.717, 1.165) is 12.3 Å². The van der Waals surface area contributed by atoms with E-state index in [0.29, 0.717) is 30.6 Å². The van der Waals surface area contributed by atoms with Gasteiger partial charge < -0.3 is 15.2 Å². The Kier molecular flexibility index (Phi) is 4.24. The second-order valence-corrected chi connectivity index (χ2v) is 5.92. The Morgan fingerprint density at radius 3 is 2.77 bits per heavy atom. The van der Waals surface area contributed by atoms with E-state index in [1.807, 2.05) is 36.1 Å². The van der Waals surface area contributed by atoms with Crippen LogP contribution >= 0.6 is 0 Å².